The van der Waals surface area contributed by atoms with Gasteiger partial charge in [-0.2, -0.15) is 0 Å². The summed E-state index contributed by atoms with van der Waals surface area (Å²) in [5.41, 5.74) is 2.45. The summed E-state index contributed by atoms with van der Waals surface area (Å²) < 4.78 is 0. The minimum Gasteiger partial charge on any atom is -0.478 e. The van der Waals surface area contributed by atoms with Gasteiger partial charge in [0.15, 0.2) is 0 Å². The van der Waals surface area contributed by atoms with E-state index < -0.39 is 5.97 Å². The second kappa shape index (κ2) is 5.86. The molecule has 3 nitrogen and oxygen atoms in total. The molecule has 0 saturated carbocycles. The van der Waals surface area contributed by atoms with E-state index in [-0.39, 0.29) is 0 Å². The van der Waals surface area contributed by atoms with E-state index in [0.717, 1.165) is 18.1 Å². The van der Waals surface area contributed by atoms with Crippen LogP contribution in [0.15, 0.2) is 36.5 Å². The van der Waals surface area contributed by atoms with E-state index in [1.807, 2.05) is 12.1 Å². The van der Waals surface area contributed by atoms with Crippen LogP contribution in [0.25, 0.3) is 0 Å². The molecule has 0 unspecified atom stereocenters. The van der Waals surface area contributed by atoms with Gasteiger partial charge < -0.3 is 10.4 Å². The number of hydrogen-bond donors (Lipinski definition) is 2. The Bertz CT molecular complexity index is 341. The molecule has 0 fully saturated rings. The van der Waals surface area contributed by atoms with Crippen LogP contribution < -0.4 is 5.32 Å². The number of aryl methyl sites for hydroxylation is 1. The third kappa shape index (κ3) is 4.31. The third-order valence-corrected chi connectivity index (χ3v) is 2.08. The van der Waals surface area contributed by atoms with Crippen molar-refractivity contribution in [1.29, 1.82) is 0 Å². The Morgan fingerprint density at radius 2 is 1.93 bits per heavy atom. The molecular weight excluding hydrogens is 190 g/mol. The molecular formula is C12H15NO2. The molecule has 0 aliphatic rings. The number of aliphatic carboxylic acids is 1. The Morgan fingerprint density at radius 1 is 1.33 bits per heavy atom. The SMILES string of the molecule is CCc1ccc(CN/C=C/C(=O)O)cc1. The highest BCUT2D eigenvalue weighted by atomic mass is 16.4. The highest BCUT2D eigenvalue weighted by Crippen LogP contribution is 2.04. The number of carboxylic acid groups (broad SMARTS) is 1. The van der Waals surface area contributed by atoms with Gasteiger partial charge in [-0.3, -0.25) is 0 Å². The van der Waals surface area contributed by atoms with Gasteiger partial charge in [0.05, 0.1) is 0 Å². The van der Waals surface area contributed by atoms with Gasteiger partial charge in [0.25, 0.3) is 0 Å². The first-order valence-electron chi connectivity index (χ1n) is 4.93. The Morgan fingerprint density at radius 3 is 2.47 bits per heavy atom. The Hall–Kier alpha value is -1.77. The van der Waals surface area contributed by atoms with Gasteiger partial charge in [-0.25, -0.2) is 4.79 Å². The maximum absolute atomic E-state index is 10.2. The van der Waals surface area contributed by atoms with E-state index in [0.29, 0.717) is 6.54 Å². The molecule has 0 aliphatic carbocycles. The van der Waals surface area contributed by atoms with E-state index >= 15 is 0 Å². The van der Waals surface area contributed by atoms with Crippen LogP contribution in [0.3, 0.4) is 0 Å². The monoisotopic (exact) mass is 205 g/mol. The average molecular weight is 205 g/mol. The fourth-order valence-electron chi connectivity index (χ4n) is 1.20. The maximum Gasteiger partial charge on any atom is 0.329 e. The number of nitrogens with one attached hydrogen (secondary N) is 1. The first kappa shape index (κ1) is 11.3. The van der Waals surface area contributed by atoms with Crippen molar-refractivity contribution < 1.29 is 9.90 Å². The molecule has 0 amide bonds. The van der Waals surface area contributed by atoms with Crippen LogP contribution >= 0.6 is 0 Å². The van der Waals surface area contributed by atoms with Gasteiger partial charge in [0.1, 0.15) is 0 Å². The lowest BCUT2D eigenvalue weighted by Gasteiger charge is -2.02. The summed E-state index contributed by atoms with van der Waals surface area (Å²) in [6.45, 7) is 2.76. The molecule has 1 aromatic carbocycles. The molecule has 0 heterocycles. The molecule has 2 N–H and O–H groups in total. The fourth-order valence-corrected chi connectivity index (χ4v) is 1.20. The van der Waals surface area contributed by atoms with Crippen LogP contribution in [0.5, 0.6) is 0 Å². The summed E-state index contributed by atoms with van der Waals surface area (Å²) in [5.74, 6) is -0.941. The molecule has 0 atom stereocenters. The quantitative estimate of drug-likeness (QED) is 0.722. The second-order valence-electron chi connectivity index (χ2n) is 3.22. The van der Waals surface area contributed by atoms with Crippen LogP contribution in [0, 0.1) is 0 Å². The number of hydrogen-bond acceptors (Lipinski definition) is 2. The lowest BCUT2D eigenvalue weighted by atomic mass is 10.1. The van der Waals surface area contributed by atoms with Crippen molar-refractivity contribution in [3.63, 3.8) is 0 Å². The number of rotatable bonds is 5. The van der Waals surface area contributed by atoms with Crippen LogP contribution in [0.1, 0.15) is 18.1 Å². The van der Waals surface area contributed by atoms with Crippen molar-refractivity contribution in [2.24, 2.45) is 0 Å². The standard InChI is InChI=1S/C12H15NO2/c1-2-10-3-5-11(6-4-10)9-13-8-7-12(14)15/h3-8,13H,2,9H2,1H3,(H,14,15)/b8-7+. The lowest BCUT2D eigenvalue weighted by Crippen LogP contribution is -2.05. The number of carboxylic acids is 1. The van der Waals surface area contributed by atoms with Crippen molar-refractivity contribution in [3.8, 4) is 0 Å². The first-order valence-corrected chi connectivity index (χ1v) is 4.93. The Balaban J connectivity index is 2.41. The zero-order valence-electron chi connectivity index (χ0n) is 8.73. The molecule has 0 aliphatic heterocycles. The van der Waals surface area contributed by atoms with Gasteiger partial charge in [0, 0.05) is 18.8 Å². The molecule has 0 aromatic heterocycles. The zero-order chi connectivity index (χ0) is 11.1. The highest BCUT2D eigenvalue weighted by molar-refractivity contribution is 5.79. The van der Waals surface area contributed by atoms with Crippen molar-refractivity contribution in [2.45, 2.75) is 19.9 Å². The van der Waals surface area contributed by atoms with Crippen molar-refractivity contribution >= 4 is 5.97 Å². The molecule has 0 spiro atoms. The van der Waals surface area contributed by atoms with Crippen molar-refractivity contribution in [1.82, 2.24) is 5.32 Å². The highest BCUT2D eigenvalue weighted by Gasteiger charge is 1.91. The second-order valence-corrected chi connectivity index (χ2v) is 3.22. The number of benzene rings is 1. The van der Waals surface area contributed by atoms with E-state index in [2.05, 4.69) is 24.4 Å². The van der Waals surface area contributed by atoms with E-state index in [9.17, 15) is 4.79 Å². The van der Waals surface area contributed by atoms with Crippen LogP contribution in [-0.2, 0) is 17.8 Å². The largest absolute Gasteiger partial charge is 0.478 e. The van der Waals surface area contributed by atoms with Gasteiger partial charge in [-0.05, 0) is 17.5 Å². The zero-order valence-corrected chi connectivity index (χ0v) is 8.73. The smallest absolute Gasteiger partial charge is 0.329 e. The lowest BCUT2D eigenvalue weighted by molar-refractivity contribution is -0.131. The first-order chi connectivity index (χ1) is 7.22. The van der Waals surface area contributed by atoms with E-state index in [1.54, 1.807) is 0 Å². The molecule has 0 bridgehead atoms. The summed E-state index contributed by atoms with van der Waals surface area (Å²) in [4.78, 5) is 10.2. The minimum absolute atomic E-state index is 0.647. The normalized spacial score (nSPS) is 10.5. The maximum atomic E-state index is 10.2. The summed E-state index contributed by atoms with van der Waals surface area (Å²) in [5, 5.41) is 11.3. The van der Waals surface area contributed by atoms with Crippen molar-refractivity contribution in [2.75, 3.05) is 0 Å². The van der Waals surface area contributed by atoms with Crippen LogP contribution in [0.2, 0.25) is 0 Å². The summed E-state index contributed by atoms with van der Waals surface area (Å²) in [7, 11) is 0. The van der Waals surface area contributed by atoms with Crippen LogP contribution in [-0.4, -0.2) is 11.1 Å². The van der Waals surface area contributed by atoms with Crippen molar-refractivity contribution in [3.05, 3.63) is 47.7 Å². The third-order valence-electron chi connectivity index (χ3n) is 2.08. The van der Waals surface area contributed by atoms with Gasteiger partial charge in [-0.1, -0.05) is 31.2 Å². The Kier molecular flexibility index (Phi) is 4.41. The molecule has 0 radical (unpaired) electrons. The Labute approximate surface area is 89.4 Å². The molecule has 1 aromatic rings. The fraction of sp³-hybridized carbons (Fsp3) is 0.250. The molecule has 15 heavy (non-hydrogen) atoms. The van der Waals surface area contributed by atoms with E-state index in [1.165, 1.54) is 11.8 Å². The van der Waals surface area contributed by atoms with Gasteiger partial charge in [0.2, 0.25) is 0 Å². The molecule has 3 heteroatoms. The minimum atomic E-state index is -0.941. The molecule has 0 saturated heterocycles. The van der Waals surface area contributed by atoms with Gasteiger partial charge in [-0.15, -0.1) is 0 Å². The predicted molar refractivity (Wildman–Crippen MR) is 59.4 cm³/mol. The van der Waals surface area contributed by atoms with Gasteiger partial charge >= 0.3 is 5.97 Å². The van der Waals surface area contributed by atoms with Crippen LogP contribution in [0.4, 0.5) is 0 Å². The topological polar surface area (TPSA) is 49.3 Å². The summed E-state index contributed by atoms with van der Waals surface area (Å²) >= 11 is 0. The summed E-state index contributed by atoms with van der Waals surface area (Å²) in [6.07, 6.45) is 3.56. The average Bonchev–Trinajstić information content (AvgIpc) is 2.25. The predicted octanol–water partition coefficient (Wildman–Crippen LogP) is 1.94. The summed E-state index contributed by atoms with van der Waals surface area (Å²) in [6, 6.07) is 8.25. The van der Waals surface area contributed by atoms with E-state index in [4.69, 9.17) is 5.11 Å². The molecule has 80 valence electrons. The number of carbonyl (C=O) groups is 1. The molecule has 1 rings (SSSR count).